The Kier molecular flexibility index (Phi) is 4.83. The maximum atomic E-state index is 14.4. The predicted octanol–water partition coefficient (Wildman–Crippen LogP) is 4.23. The first-order chi connectivity index (χ1) is 14.1. The molecule has 6 heteroatoms. The largest absolute Gasteiger partial charge is 0.497 e. The summed E-state index contributed by atoms with van der Waals surface area (Å²) < 4.78 is 19.5. The van der Waals surface area contributed by atoms with Crippen LogP contribution in [-0.4, -0.2) is 18.9 Å². The van der Waals surface area contributed by atoms with E-state index < -0.39 is 17.6 Å². The van der Waals surface area contributed by atoms with Gasteiger partial charge in [-0.1, -0.05) is 42.5 Å². The standard InChI is InChI=1S/C23H17FN2O3/c1-29-17-13-11-16(12-14-17)25-21-20(15-7-3-2-4-8-15)22(27)26(23(21)28)19-10-6-5-9-18(19)24/h2-14,25H,1H3. The van der Waals surface area contributed by atoms with Gasteiger partial charge in [0.2, 0.25) is 0 Å². The van der Waals surface area contributed by atoms with E-state index in [-0.39, 0.29) is 17.0 Å². The molecule has 144 valence electrons. The summed E-state index contributed by atoms with van der Waals surface area (Å²) in [5, 5.41) is 3.03. The molecule has 0 spiro atoms. The second-order valence-corrected chi connectivity index (χ2v) is 6.37. The lowest BCUT2D eigenvalue weighted by Crippen LogP contribution is -2.33. The summed E-state index contributed by atoms with van der Waals surface area (Å²) >= 11 is 0. The Morgan fingerprint density at radius 1 is 0.828 bits per heavy atom. The second kappa shape index (κ2) is 7.59. The highest BCUT2D eigenvalue weighted by molar-refractivity contribution is 6.46. The molecule has 0 aliphatic carbocycles. The normalized spacial score (nSPS) is 13.8. The van der Waals surface area contributed by atoms with E-state index in [2.05, 4.69) is 5.32 Å². The number of nitrogens with zero attached hydrogens (tertiary/aromatic N) is 1. The van der Waals surface area contributed by atoms with Crippen molar-refractivity contribution in [2.24, 2.45) is 0 Å². The molecule has 0 unspecified atom stereocenters. The smallest absolute Gasteiger partial charge is 0.282 e. The lowest BCUT2D eigenvalue weighted by Gasteiger charge is -2.16. The van der Waals surface area contributed by atoms with Crippen LogP contribution < -0.4 is 15.0 Å². The highest BCUT2D eigenvalue weighted by Crippen LogP contribution is 2.34. The molecule has 3 aromatic carbocycles. The van der Waals surface area contributed by atoms with Gasteiger partial charge in [-0.2, -0.15) is 0 Å². The van der Waals surface area contributed by atoms with Crippen LogP contribution in [-0.2, 0) is 9.59 Å². The highest BCUT2D eigenvalue weighted by atomic mass is 19.1. The van der Waals surface area contributed by atoms with Gasteiger partial charge in [-0.25, -0.2) is 9.29 Å². The number of benzene rings is 3. The molecule has 0 radical (unpaired) electrons. The Morgan fingerprint density at radius 2 is 1.48 bits per heavy atom. The van der Waals surface area contributed by atoms with Crippen LogP contribution in [0.25, 0.3) is 5.57 Å². The number of rotatable bonds is 5. The molecule has 1 aliphatic heterocycles. The van der Waals surface area contributed by atoms with Gasteiger partial charge in [0.1, 0.15) is 17.3 Å². The fourth-order valence-electron chi connectivity index (χ4n) is 3.19. The van der Waals surface area contributed by atoms with Crippen molar-refractivity contribution in [1.82, 2.24) is 0 Å². The summed E-state index contributed by atoms with van der Waals surface area (Å²) in [5.74, 6) is -1.18. The Bertz CT molecular complexity index is 1110. The first-order valence-electron chi connectivity index (χ1n) is 8.94. The molecule has 5 nitrogen and oxygen atoms in total. The van der Waals surface area contributed by atoms with E-state index in [1.807, 2.05) is 6.07 Å². The number of hydrogen-bond acceptors (Lipinski definition) is 4. The van der Waals surface area contributed by atoms with E-state index in [9.17, 15) is 14.0 Å². The first-order valence-corrected chi connectivity index (χ1v) is 8.94. The number of para-hydroxylation sites is 1. The Balaban J connectivity index is 1.80. The second-order valence-electron chi connectivity index (χ2n) is 6.37. The molecular formula is C23H17FN2O3. The Hall–Kier alpha value is -3.93. The minimum atomic E-state index is -0.646. The highest BCUT2D eigenvalue weighted by Gasteiger charge is 2.41. The summed E-state index contributed by atoms with van der Waals surface area (Å²) in [6, 6.07) is 21.5. The number of ether oxygens (including phenoxy) is 1. The van der Waals surface area contributed by atoms with Crippen molar-refractivity contribution >= 4 is 28.8 Å². The van der Waals surface area contributed by atoms with Crippen LogP contribution in [0.5, 0.6) is 5.75 Å². The fraction of sp³-hybridized carbons (Fsp3) is 0.0435. The van der Waals surface area contributed by atoms with E-state index in [0.717, 1.165) is 4.90 Å². The predicted molar refractivity (Wildman–Crippen MR) is 109 cm³/mol. The maximum Gasteiger partial charge on any atom is 0.282 e. The van der Waals surface area contributed by atoms with Gasteiger partial charge in [-0.3, -0.25) is 9.59 Å². The average molecular weight is 388 g/mol. The van der Waals surface area contributed by atoms with Gasteiger partial charge in [0, 0.05) is 5.69 Å². The number of halogens is 1. The van der Waals surface area contributed by atoms with Gasteiger partial charge in [0.05, 0.1) is 18.4 Å². The zero-order valence-electron chi connectivity index (χ0n) is 15.6. The van der Waals surface area contributed by atoms with E-state index in [1.54, 1.807) is 61.7 Å². The number of carbonyl (C=O) groups excluding carboxylic acids is 2. The van der Waals surface area contributed by atoms with Gasteiger partial charge in [0.15, 0.2) is 0 Å². The fourth-order valence-corrected chi connectivity index (χ4v) is 3.19. The minimum absolute atomic E-state index is 0.0811. The van der Waals surface area contributed by atoms with E-state index in [0.29, 0.717) is 17.0 Å². The van der Waals surface area contributed by atoms with Crippen LogP contribution in [0.3, 0.4) is 0 Å². The van der Waals surface area contributed by atoms with Crippen molar-refractivity contribution in [2.45, 2.75) is 0 Å². The van der Waals surface area contributed by atoms with Crippen molar-refractivity contribution in [3.63, 3.8) is 0 Å². The molecule has 3 aromatic rings. The van der Waals surface area contributed by atoms with Gasteiger partial charge in [-0.15, -0.1) is 0 Å². The van der Waals surface area contributed by atoms with Crippen LogP contribution in [0.4, 0.5) is 15.8 Å². The molecule has 2 amide bonds. The average Bonchev–Trinajstić information content (AvgIpc) is 2.99. The molecule has 1 N–H and O–H groups in total. The quantitative estimate of drug-likeness (QED) is 0.665. The van der Waals surface area contributed by atoms with Gasteiger partial charge in [-0.05, 0) is 42.0 Å². The molecule has 0 saturated carbocycles. The lowest BCUT2D eigenvalue weighted by atomic mass is 10.0. The maximum absolute atomic E-state index is 14.4. The molecular weight excluding hydrogens is 371 g/mol. The molecule has 29 heavy (non-hydrogen) atoms. The molecule has 1 heterocycles. The minimum Gasteiger partial charge on any atom is -0.497 e. The summed E-state index contributed by atoms with van der Waals surface area (Å²) in [7, 11) is 1.56. The molecule has 4 rings (SSSR count). The number of imide groups is 1. The summed E-state index contributed by atoms with van der Waals surface area (Å²) in [4.78, 5) is 27.2. The van der Waals surface area contributed by atoms with Gasteiger partial charge >= 0.3 is 0 Å². The monoisotopic (exact) mass is 388 g/mol. The summed E-state index contributed by atoms with van der Waals surface area (Å²) in [6.07, 6.45) is 0. The Labute approximate surface area is 167 Å². The van der Waals surface area contributed by atoms with Crippen molar-refractivity contribution in [1.29, 1.82) is 0 Å². The van der Waals surface area contributed by atoms with Gasteiger partial charge in [0.25, 0.3) is 11.8 Å². The van der Waals surface area contributed by atoms with Crippen molar-refractivity contribution < 1.29 is 18.7 Å². The third-order valence-electron chi connectivity index (χ3n) is 4.60. The van der Waals surface area contributed by atoms with Crippen LogP contribution in [0.15, 0.2) is 84.6 Å². The topological polar surface area (TPSA) is 58.6 Å². The summed E-state index contributed by atoms with van der Waals surface area (Å²) in [5.41, 5.74) is 1.37. The molecule has 0 saturated heterocycles. The number of anilines is 2. The third-order valence-corrected chi connectivity index (χ3v) is 4.60. The zero-order chi connectivity index (χ0) is 20.4. The van der Waals surface area contributed by atoms with Crippen LogP contribution in [0.2, 0.25) is 0 Å². The number of methoxy groups -OCH3 is 1. The molecule has 0 fully saturated rings. The molecule has 0 atom stereocenters. The SMILES string of the molecule is COc1ccc(NC2=C(c3ccccc3)C(=O)N(c3ccccc3F)C2=O)cc1. The zero-order valence-corrected chi connectivity index (χ0v) is 15.6. The molecule has 1 aliphatic rings. The van der Waals surface area contributed by atoms with E-state index in [4.69, 9.17) is 4.74 Å². The van der Waals surface area contributed by atoms with Crippen LogP contribution in [0.1, 0.15) is 5.56 Å². The number of amides is 2. The Morgan fingerprint density at radius 3 is 2.14 bits per heavy atom. The number of carbonyl (C=O) groups is 2. The van der Waals surface area contributed by atoms with Gasteiger partial charge < -0.3 is 10.1 Å². The van der Waals surface area contributed by atoms with Crippen LogP contribution in [0, 0.1) is 5.82 Å². The van der Waals surface area contributed by atoms with Crippen molar-refractivity contribution in [2.75, 3.05) is 17.3 Å². The number of nitrogens with one attached hydrogen (secondary N) is 1. The first kappa shape index (κ1) is 18.4. The van der Waals surface area contributed by atoms with E-state index >= 15 is 0 Å². The van der Waals surface area contributed by atoms with Crippen molar-refractivity contribution in [3.8, 4) is 5.75 Å². The number of hydrogen-bond donors (Lipinski definition) is 1. The van der Waals surface area contributed by atoms with E-state index in [1.165, 1.54) is 18.2 Å². The summed E-state index contributed by atoms with van der Waals surface area (Å²) in [6.45, 7) is 0. The molecule has 0 aromatic heterocycles. The third kappa shape index (κ3) is 3.36. The lowest BCUT2D eigenvalue weighted by molar-refractivity contribution is -0.120. The van der Waals surface area contributed by atoms with Crippen LogP contribution >= 0.6 is 0 Å². The molecule has 0 bridgehead atoms. The van der Waals surface area contributed by atoms with Crippen molar-refractivity contribution in [3.05, 3.63) is 95.9 Å².